The van der Waals surface area contributed by atoms with Crippen LogP contribution in [0.4, 0.5) is 5.69 Å². The van der Waals surface area contributed by atoms with E-state index in [-0.39, 0.29) is 23.6 Å². The van der Waals surface area contributed by atoms with Gasteiger partial charge in [-0.3, -0.25) is 34.1 Å². The topological polar surface area (TPSA) is 174 Å². The van der Waals surface area contributed by atoms with E-state index in [1.807, 2.05) is 0 Å². The average Bonchev–Trinajstić information content (AvgIpc) is 3.05. The lowest BCUT2D eigenvalue weighted by Gasteiger charge is -2.49. The Balaban J connectivity index is 1.79. The summed E-state index contributed by atoms with van der Waals surface area (Å²) < 4.78 is 5.94. The smallest absolute Gasteiger partial charge is 0.352 e. The van der Waals surface area contributed by atoms with Gasteiger partial charge in [-0.15, -0.1) is 11.8 Å². The molecule has 2 aliphatic rings. The summed E-state index contributed by atoms with van der Waals surface area (Å²) in [5, 5.41) is 26.0. The Hall–Kier alpha value is -3.42. The van der Waals surface area contributed by atoms with E-state index < -0.39 is 51.5 Å². The van der Waals surface area contributed by atoms with Gasteiger partial charge in [0, 0.05) is 25.3 Å². The predicted molar refractivity (Wildman–Crippen MR) is 95.5 cm³/mol. The van der Waals surface area contributed by atoms with Gasteiger partial charge in [0.05, 0.1) is 4.92 Å². The number of nitrogens with one attached hydrogen (secondary N) is 1. The number of aromatic nitrogens is 2. The zero-order valence-electron chi connectivity index (χ0n) is 15.1. The number of carbonyl (C=O) groups is 4. The Kier molecular flexibility index (Phi) is 5.28. The first-order chi connectivity index (χ1) is 13.6. The number of rotatable bonds is 6. The summed E-state index contributed by atoms with van der Waals surface area (Å²) in [6.45, 7) is 0.911. The highest BCUT2D eigenvalue weighted by Crippen LogP contribution is 2.40. The number of thioether (sulfide) groups is 1. The monoisotopic (exact) mass is 425 g/mol. The number of hydrogen-bond acceptors (Lipinski definition) is 9. The number of carbonyl (C=O) groups excluding carboxylic acids is 3. The van der Waals surface area contributed by atoms with Crippen molar-refractivity contribution in [3.05, 3.63) is 33.3 Å². The standard InChI is InChI=1S/C15H15N5O8S/c1-6(21)28-4-7-5-29-14-10(13(23)19(14)11(7)15(24)25)16-12(22)9-8(20(26)27)3-18(2)17-9/h3,10,14H,4-5H2,1-2H3,(H,16,22)(H,24,25). The molecule has 3 rings (SSSR count). The number of ether oxygens (including phenoxy) is 1. The third kappa shape index (κ3) is 3.65. The molecule has 29 heavy (non-hydrogen) atoms. The fourth-order valence-electron chi connectivity index (χ4n) is 2.96. The first-order valence-corrected chi connectivity index (χ1v) is 9.19. The van der Waals surface area contributed by atoms with E-state index >= 15 is 0 Å². The van der Waals surface area contributed by atoms with Crippen molar-refractivity contribution in [2.24, 2.45) is 7.05 Å². The number of nitrogens with zero attached hydrogens (tertiary/aromatic N) is 4. The summed E-state index contributed by atoms with van der Waals surface area (Å²) in [6, 6.07) is -1.07. The highest BCUT2D eigenvalue weighted by molar-refractivity contribution is 8.00. The van der Waals surface area contributed by atoms with E-state index in [1.54, 1.807) is 0 Å². The van der Waals surface area contributed by atoms with E-state index in [4.69, 9.17) is 4.74 Å². The molecule has 0 bridgehead atoms. The van der Waals surface area contributed by atoms with E-state index in [0.29, 0.717) is 0 Å². The molecule has 2 amide bonds. The summed E-state index contributed by atoms with van der Waals surface area (Å²) in [4.78, 5) is 58.8. The number of carboxylic acid groups (broad SMARTS) is 1. The van der Waals surface area contributed by atoms with Gasteiger partial charge in [0.15, 0.2) is 0 Å². The Morgan fingerprint density at radius 3 is 2.76 bits per heavy atom. The summed E-state index contributed by atoms with van der Waals surface area (Å²) in [6.07, 6.45) is 1.06. The SMILES string of the molecule is CC(=O)OCC1=C(C(=O)O)N2C(=O)C(NC(=O)c3nn(C)cc3[N+](=O)[O-])C2SC1. The van der Waals surface area contributed by atoms with Gasteiger partial charge >= 0.3 is 17.6 Å². The van der Waals surface area contributed by atoms with Crippen molar-refractivity contribution in [1.29, 1.82) is 0 Å². The number of esters is 1. The number of aliphatic carboxylic acids is 1. The molecule has 154 valence electrons. The molecule has 2 unspecified atom stereocenters. The molecule has 1 aromatic rings. The normalized spacial score (nSPS) is 20.6. The van der Waals surface area contributed by atoms with Crippen molar-refractivity contribution in [3.8, 4) is 0 Å². The Labute approximate surface area is 166 Å². The average molecular weight is 425 g/mol. The Bertz CT molecular complexity index is 970. The van der Waals surface area contributed by atoms with Crippen molar-refractivity contribution >= 4 is 41.2 Å². The van der Waals surface area contributed by atoms with Gasteiger partial charge in [-0.05, 0) is 0 Å². The van der Waals surface area contributed by atoms with Crippen LogP contribution in [0.5, 0.6) is 0 Å². The van der Waals surface area contributed by atoms with Crippen molar-refractivity contribution in [2.75, 3.05) is 12.4 Å². The van der Waals surface area contributed by atoms with E-state index in [2.05, 4.69) is 10.4 Å². The number of β-lactam (4-membered cyclic amide) rings is 1. The molecule has 2 N–H and O–H groups in total. The molecule has 1 aromatic heterocycles. The molecule has 1 saturated heterocycles. The summed E-state index contributed by atoms with van der Waals surface area (Å²) in [5.41, 5.74) is -1.00. The molecule has 0 radical (unpaired) electrons. The minimum Gasteiger partial charge on any atom is -0.477 e. The van der Waals surface area contributed by atoms with Crippen molar-refractivity contribution in [3.63, 3.8) is 0 Å². The van der Waals surface area contributed by atoms with Gasteiger partial charge < -0.3 is 15.2 Å². The highest BCUT2D eigenvalue weighted by atomic mass is 32.2. The number of aryl methyl sites for hydroxylation is 1. The first-order valence-electron chi connectivity index (χ1n) is 8.14. The fraction of sp³-hybridized carbons (Fsp3) is 0.400. The summed E-state index contributed by atoms with van der Waals surface area (Å²) in [7, 11) is 1.41. The van der Waals surface area contributed by atoms with Crippen LogP contribution in [0.1, 0.15) is 17.4 Å². The van der Waals surface area contributed by atoms with Crippen LogP contribution in [-0.4, -0.2) is 72.2 Å². The van der Waals surface area contributed by atoms with Crippen LogP contribution in [0.25, 0.3) is 0 Å². The minimum atomic E-state index is -1.36. The van der Waals surface area contributed by atoms with Gasteiger partial charge in [-0.1, -0.05) is 0 Å². The van der Waals surface area contributed by atoms with E-state index in [0.717, 1.165) is 15.8 Å². The maximum Gasteiger partial charge on any atom is 0.352 e. The second-order valence-electron chi connectivity index (χ2n) is 6.19. The lowest BCUT2D eigenvalue weighted by molar-refractivity contribution is -0.385. The molecule has 13 nitrogen and oxygen atoms in total. The van der Waals surface area contributed by atoms with Crippen molar-refractivity contribution in [2.45, 2.75) is 18.3 Å². The Morgan fingerprint density at radius 1 is 1.48 bits per heavy atom. The molecule has 14 heteroatoms. The zero-order valence-corrected chi connectivity index (χ0v) is 16.0. The van der Waals surface area contributed by atoms with E-state index in [9.17, 15) is 34.4 Å². The number of amides is 2. The number of hydrogen-bond donors (Lipinski definition) is 2. The van der Waals surface area contributed by atoms with Crippen LogP contribution in [0.3, 0.4) is 0 Å². The lowest BCUT2D eigenvalue weighted by atomic mass is 10.0. The van der Waals surface area contributed by atoms with Crippen molar-refractivity contribution in [1.82, 2.24) is 20.0 Å². The third-order valence-corrected chi connectivity index (χ3v) is 5.55. The predicted octanol–water partition coefficient (Wildman–Crippen LogP) is -0.756. The molecule has 1 fully saturated rings. The largest absolute Gasteiger partial charge is 0.477 e. The molecule has 0 saturated carbocycles. The molecule has 2 aliphatic heterocycles. The maximum absolute atomic E-state index is 12.5. The number of carboxylic acids is 1. The third-order valence-electron chi connectivity index (χ3n) is 4.21. The molecule has 0 aliphatic carbocycles. The van der Waals surface area contributed by atoms with Gasteiger partial charge in [0.1, 0.15) is 29.9 Å². The molecule has 0 spiro atoms. The van der Waals surface area contributed by atoms with Gasteiger partial charge in [-0.25, -0.2) is 4.79 Å². The number of nitro groups is 1. The number of fused-ring (bicyclic) bond motifs is 1. The quantitative estimate of drug-likeness (QED) is 0.255. The van der Waals surface area contributed by atoms with Gasteiger partial charge in [-0.2, -0.15) is 5.10 Å². The Morgan fingerprint density at radius 2 is 2.17 bits per heavy atom. The fourth-order valence-corrected chi connectivity index (χ4v) is 4.29. The van der Waals surface area contributed by atoms with Crippen LogP contribution < -0.4 is 5.32 Å². The zero-order chi connectivity index (χ0) is 21.5. The second-order valence-corrected chi connectivity index (χ2v) is 7.30. The molecule has 0 aromatic carbocycles. The second kappa shape index (κ2) is 7.54. The van der Waals surface area contributed by atoms with Crippen molar-refractivity contribution < 1.29 is 33.9 Å². The lowest BCUT2D eigenvalue weighted by Crippen LogP contribution is -2.70. The first kappa shape index (κ1) is 20.3. The highest BCUT2D eigenvalue weighted by Gasteiger charge is 2.54. The summed E-state index contributed by atoms with van der Waals surface area (Å²) in [5.74, 6) is -3.39. The van der Waals surface area contributed by atoms with Gasteiger partial charge in [0.2, 0.25) is 5.69 Å². The van der Waals surface area contributed by atoms with Crippen LogP contribution in [0, 0.1) is 10.1 Å². The summed E-state index contributed by atoms with van der Waals surface area (Å²) >= 11 is 1.18. The van der Waals surface area contributed by atoms with Gasteiger partial charge in [0.25, 0.3) is 11.8 Å². The van der Waals surface area contributed by atoms with Crippen LogP contribution >= 0.6 is 11.8 Å². The van der Waals surface area contributed by atoms with E-state index in [1.165, 1.54) is 25.7 Å². The molecule has 2 atom stereocenters. The maximum atomic E-state index is 12.5. The molecular formula is C15H15N5O8S. The minimum absolute atomic E-state index is 0.166. The van der Waals surface area contributed by atoms with Crippen LogP contribution in [-0.2, 0) is 26.2 Å². The molecule has 3 heterocycles. The van der Waals surface area contributed by atoms with Crippen LogP contribution in [0.15, 0.2) is 17.5 Å². The molecular weight excluding hydrogens is 410 g/mol. The van der Waals surface area contributed by atoms with Crippen LogP contribution in [0.2, 0.25) is 0 Å².